The highest BCUT2D eigenvalue weighted by molar-refractivity contribution is 5.86. The van der Waals surface area contributed by atoms with Crippen LogP contribution >= 0.6 is 0 Å². The zero-order chi connectivity index (χ0) is 18.9. The fourth-order valence-electron chi connectivity index (χ4n) is 5.10. The van der Waals surface area contributed by atoms with E-state index < -0.39 is 5.41 Å². The van der Waals surface area contributed by atoms with Gasteiger partial charge >= 0.3 is 0 Å². The van der Waals surface area contributed by atoms with Crippen LogP contribution < -0.4 is 0 Å². The van der Waals surface area contributed by atoms with Crippen LogP contribution in [-0.2, 0) is 16.1 Å². The van der Waals surface area contributed by atoms with Crippen molar-refractivity contribution in [2.45, 2.75) is 63.5 Å². The van der Waals surface area contributed by atoms with Gasteiger partial charge in [-0.1, -0.05) is 12.8 Å². The maximum Gasteiger partial charge on any atom is 0.243 e. The molecule has 4 rings (SSSR count). The second-order valence-electron chi connectivity index (χ2n) is 8.25. The molecule has 1 aliphatic carbocycles. The minimum absolute atomic E-state index is 0.0161. The Labute approximate surface area is 160 Å². The number of rotatable bonds is 3. The summed E-state index contributed by atoms with van der Waals surface area (Å²) in [7, 11) is 0. The highest BCUT2D eigenvalue weighted by Crippen LogP contribution is 2.43. The molecule has 0 bridgehead atoms. The first-order valence-corrected chi connectivity index (χ1v) is 9.99. The number of carbonyl (C=O) groups excluding carboxylic acids is 2. The number of amides is 2. The zero-order valence-corrected chi connectivity index (χ0v) is 15.7. The molecule has 1 aromatic rings. The highest BCUT2D eigenvalue weighted by Gasteiger charge is 2.50. The van der Waals surface area contributed by atoms with E-state index in [9.17, 15) is 14.9 Å². The van der Waals surface area contributed by atoms with E-state index in [1.807, 2.05) is 21.9 Å². The first-order valence-electron chi connectivity index (χ1n) is 9.99. The molecule has 2 aliphatic heterocycles. The van der Waals surface area contributed by atoms with Crippen LogP contribution in [0.2, 0.25) is 0 Å². The number of nitrogens with zero attached hydrogens (tertiary/aromatic N) is 4. The number of aromatic nitrogens is 1. The molecule has 3 aliphatic rings. The van der Waals surface area contributed by atoms with Gasteiger partial charge in [-0.05, 0) is 49.8 Å². The van der Waals surface area contributed by atoms with E-state index in [1.54, 1.807) is 12.4 Å². The van der Waals surface area contributed by atoms with Gasteiger partial charge in [0.2, 0.25) is 11.8 Å². The van der Waals surface area contributed by atoms with E-state index in [4.69, 9.17) is 0 Å². The third kappa shape index (κ3) is 3.09. The predicted molar refractivity (Wildman–Crippen MR) is 99.1 cm³/mol. The maximum absolute atomic E-state index is 13.0. The molecule has 0 radical (unpaired) electrons. The molecule has 0 N–H and O–H groups in total. The summed E-state index contributed by atoms with van der Waals surface area (Å²) in [5.74, 6) is 0.221. The average molecular weight is 366 g/mol. The Morgan fingerprint density at radius 1 is 1.11 bits per heavy atom. The Hall–Kier alpha value is -2.42. The molecule has 0 atom stereocenters. The van der Waals surface area contributed by atoms with Gasteiger partial charge in [-0.25, -0.2) is 0 Å². The van der Waals surface area contributed by atoms with E-state index in [2.05, 4.69) is 11.1 Å². The second-order valence-corrected chi connectivity index (χ2v) is 8.25. The average Bonchev–Trinajstić information content (AvgIpc) is 3.31. The fraction of sp³-hybridized carbons (Fsp3) is 0.619. The van der Waals surface area contributed by atoms with E-state index in [0.717, 1.165) is 37.7 Å². The number of likely N-dealkylation sites (tertiary alicyclic amines) is 2. The summed E-state index contributed by atoms with van der Waals surface area (Å²) in [5, 5.41) is 9.61. The Balaban J connectivity index is 1.46. The van der Waals surface area contributed by atoms with Crippen LogP contribution in [0.4, 0.5) is 0 Å². The van der Waals surface area contributed by atoms with Crippen molar-refractivity contribution in [1.82, 2.24) is 14.8 Å². The molecule has 1 saturated carbocycles. The minimum atomic E-state index is -0.799. The zero-order valence-electron chi connectivity index (χ0n) is 15.7. The molecule has 6 nitrogen and oxygen atoms in total. The maximum atomic E-state index is 13.0. The van der Waals surface area contributed by atoms with E-state index in [1.165, 1.54) is 0 Å². The van der Waals surface area contributed by atoms with Crippen LogP contribution in [0.5, 0.6) is 0 Å². The van der Waals surface area contributed by atoms with E-state index in [0.29, 0.717) is 38.9 Å². The lowest BCUT2D eigenvalue weighted by molar-refractivity contribution is -0.142. The fourth-order valence-corrected chi connectivity index (χ4v) is 5.10. The molecule has 27 heavy (non-hydrogen) atoms. The van der Waals surface area contributed by atoms with E-state index in [-0.39, 0.29) is 17.4 Å². The van der Waals surface area contributed by atoms with Crippen LogP contribution in [0, 0.1) is 16.7 Å². The smallest absolute Gasteiger partial charge is 0.243 e. The topological polar surface area (TPSA) is 77.3 Å². The van der Waals surface area contributed by atoms with Crippen LogP contribution in [0.15, 0.2) is 24.5 Å². The Kier molecular flexibility index (Phi) is 4.63. The van der Waals surface area contributed by atoms with Crippen LogP contribution in [-0.4, -0.2) is 45.2 Å². The van der Waals surface area contributed by atoms with Crippen molar-refractivity contribution in [3.63, 3.8) is 0 Å². The summed E-state index contributed by atoms with van der Waals surface area (Å²) < 4.78 is 0. The molecular formula is C21H26N4O2. The number of hydrogen-bond donors (Lipinski definition) is 0. The van der Waals surface area contributed by atoms with Crippen molar-refractivity contribution in [2.75, 3.05) is 13.1 Å². The molecule has 0 unspecified atom stereocenters. The van der Waals surface area contributed by atoms with Crippen LogP contribution in [0.3, 0.4) is 0 Å². The van der Waals surface area contributed by atoms with Gasteiger partial charge in [-0.3, -0.25) is 14.6 Å². The standard InChI is InChI=1S/C21H26N4O2/c22-16-20(6-1-2-7-20)19(27)24-13-9-21(10-14-24)8-3-18(26)25(21)15-17-4-11-23-12-5-17/h4-5,11-12H,1-3,6-10,13-15H2. The molecule has 6 heteroatoms. The monoisotopic (exact) mass is 366 g/mol. The number of carbonyl (C=O) groups is 2. The Bertz CT molecular complexity index is 756. The Morgan fingerprint density at radius 3 is 2.41 bits per heavy atom. The van der Waals surface area contributed by atoms with Crippen molar-refractivity contribution in [3.8, 4) is 6.07 Å². The number of nitriles is 1. The van der Waals surface area contributed by atoms with Gasteiger partial charge in [-0.2, -0.15) is 5.26 Å². The van der Waals surface area contributed by atoms with Gasteiger partial charge in [-0.15, -0.1) is 0 Å². The van der Waals surface area contributed by atoms with Crippen molar-refractivity contribution >= 4 is 11.8 Å². The largest absolute Gasteiger partial charge is 0.341 e. The predicted octanol–water partition coefficient (Wildman–Crippen LogP) is 2.65. The lowest BCUT2D eigenvalue weighted by Gasteiger charge is -2.46. The molecule has 3 heterocycles. The van der Waals surface area contributed by atoms with Gasteiger partial charge in [0.1, 0.15) is 5.41 Å². The van der Waals surface area contributed by atoms with Crippen molar-refractivity contribution in [2.24, 2.45) is 5.41 Å². The van der Waals surface area contributed by atoms with Crippen molar-refractivity contribution in [1.29, 1.82) is 5.26 Å². The molecule has 142 valence electrons. The number of piperidine rings is 1. The lowest BCUT2D eigenvalue weighted by Crippen LogP contribution is -2.55. The lowest BCUT2D eigenvalue weighted by atomic mass is 9.81. The summed E-state index contributed by atoms with van der Waals surface area (Å²) in [6, 6.07) is 6.23. The third-order valence-corrected chi connectivity index (χ3v) is 6.83. The van der Waals surface area contributed by atoms with Gasteiger partial charge in [0.15, 0.2) is 0 Å². The molecule has 3 fully saturated rings. The first kappa shape index (κ1) is 18.0. The molecule has 2 amide bonds. The SMILES string of the molecule is N#CC1(C(=O)N2CCC3(CCC(=O)N3Cc3ccncc3)CC2)CCCC1. The minimum Gasteiger partial charge on any atom is -0.341 e. The molecule has 0 aromatic carbocycles. The summed E-state index contributed by atoms with van der Waals surface area (Å²) in [5.41, 5.74) is 0.145. The van der Waals surface area contributed by atoms with Gasteiger partial charge in [0.05, 0.1) is 6.07 Å². The quantitative estimate of drug-likeness (QED) is 0.824. The summed E-state index contributed by atoms with van der Waals surface area (Å²) >= 11 is 0. The van der Waals surface area contributed by atoms with Crippen LogP contribution in [0.25, 0.3) is 0 Å². The molecule has 1 aromatic heterocycles. The number of pyridine rings is 1. The third-order valence-electron chi connectivity index (χ3n) is 6.83. The summed E-state index contributed by atoms with van der Waals surface area (Å²) in [6.07, 6.45) is 9.88. The molecule has 1 spiro atoms. The molecule has 2 saturated heterocycles. The summed E-state index contributed by atoms with van der Waals surface area (Å²) in [4.78, 5) is 33.5. The Morgan fingerprint density at radius 2 is 1.78 bits per heavy atom. The number of hydrogen-bond acceptors (Lipinski definition) is 4. The van der Waals surface area contributed by atoms with E-state index >= 15 is 0 Å². The summed E-state index contributed by atoms with van der Waals surface area (Å²) in [6.45, 7) is 1.89. The van der Waals surface area contributed by atoms with Gasteiger partial charge in [0.25, 0.3) is 0 Å². The normalized spacial score (nSPS) is 23.6. The molecular weight excluding hydrogens is 340 g/mol. The van der Waals surface area contributed by atoms with Crippen LogP contribution in [0.1, 0.15) is 56.9 Å². The highest BCUT2D eigenvalue weighted by atomic mass is 16.2. The second kappa shape index (κ2) is 6.95. The first-order chi connectivity index (χ1) is 13.1. The van der Waals surface area contributed by atoms with Crippen molar-refractivity contribution < 1.29 is 9.59 Å². The van der Waals surface area contributed by atoms with Gasteiger partial charge in [0, 0.05) is 44.0 Å². The van der Waals surface area contributed by atoms with Gasteiger partial charge < -0.3 is 9.80 Å². The van der Waals surface area contributed by atoms with Crippen molar-refractivity contribution in [3.05, 3.63) is 30.1 Å².